The number of rotatable bonds is 4. The summed E-state index contributed by atoms with van der Waals surface area (Å²) in [7, 11) is 0. The van der Waals surface area contributed by atoms with Gasteiger partial charge in [-0.1, -0.05) is 0 Å². The van der Waals surface area contributed by atoms with Crippen LogP contribution in [-0.2, 0) is 0 Å². The van der Waals surface area contributed by atoms with Gasteiger partial charge in [-0.3, -0.25) is 5.43 Å². The van der Waals surface area contributed by atoms with Crippen LogP contribution >= 0.6 is 0 Å². The second-order valence-electron chi connectivity index (χ2n) is 1.90. The maximum atomic E-state index is 10.4. The lowest BCUT2D eigenvalue weighted by molar-refractivity contribution is 0.241. The van der Waals surface area contributed by atoms with Gasteiger partial charge in [0.25, 0.3) is 0 Å². The molecule has 0 bridgehead atoms. The maximum absolute atomic E-state index is 10.4. The molecule has 0 spiro atoms. The van der Waals surface area contributed by atoms with Gasteiger partial charge >= 0.3 is 6.03 Å². The van der Waals surface area contributed by atoms with Crippen LogP contribution in [0.3, 0.4) is 0 Å². The van der Waals surface area contributed by atoms with Crippen molar-refractivity contribution in [3.8, 4) is 0 Å². The Labute approximate surface area is 60.1 Å². The first-order valence-electron chi connectivity index (χ1n) is 3.25. The van der Waals surface area contributed by atoms with Gasteiger partial charge in [0.05, 0.1) is 0 Å². The van der Waals surface area contributed by atoms with E-state index in [2.05, 4.69) is 5.32 Å². The summed E-state index contributed by atoms with van der Waals surface area (Å²) >= 11 is 0. The van der Waals surface area contributed by atoms with Crippen molar-refractivity contribution in [1.29, 1.82) is 0 Å². The van der Waals surface area contributed by atoms with Crippen molar-refractivity contribution >= 4 is 6.03 Å². The van der Waals surface area contributed by atoms with Crippen LogP contribution in [0, 0.1) is 0 Å². The molecule has 0 rings (SSSR count). The van der Waals surface area contributed by atoms with E-state index >= 15 is 0 Å². The molecule has 5 nitrogen and oxygen atoms in total. The Morgan fingerprint density at radius 2 is 2.10 bits per heavy atom. The van der Waals surface area contributed by atoms with Crippen LogP contribution in [0.2, 0.25) is 0 Å². The van der Waals surface area contributed by atoms with Crippen LogP contribution in [-0.4, -0.2) is 19.1 Å². The number of carbonyl (C=O) groups is 1. The highest BCUT2D eigenvalue weighted by molar-refractivity contribution is 5.72. The highest BCUT2D eigenvalue weighted by atomic mass is 16.2. The lowest BCUT2D eigenvalue weighted by atomic mass is 10.3. The number of carbonyl (C=O) groups excluding carboxylic acids is 1. The number of hydrogen-bond donors (Lipinski definition) is 4. The van der Waals surface area contributed by atoms with Crippen molar-refractivity contribution in [2.45, 2.75) is 12.8 Å². The zero-order valence-corrected chi connectivity index (χ0v) is 5.89. The molecule has 5 heteroatoms. The SMILES string of the molecule is NCCCCNC(=O)NN. The molecule has 0 saturated carbocycles. The monoisotopic (exact) mass is 146 g/mol. The van der Waals surface area contributed by atoms with Crippen LogP contribution in [0.5, 0.6) is 0 Å². The van der Waals surface area contributed by atoms with Crippen LogP contribution < -0.4 is 22.3 Å². The summed E-state index contributed by atoms with van der Waals surface area (Å²) in [4.78, 5) is 10.4. The Morgan fingerprint density at radius 1 is 1.40 bits per heavy atom. The third kappa shape index (κ3) is 5.33. The predicted molar refractivity (Wildman–Crippen MR) is 39.0 cm³/mol. The Balaban J connectivity index is 2.96. The molecule has 0 unspecified atom stereocenters. The second kappa shape index (κ2) is 6.31. The molecule has 0 aromatic heterocycles. The van der Waals surface area contributed by atoms with Gasteiger partial charge in [-0.15, -0.1) is 0 Å². The fourth-order valence-electron chi connectivity index (χ4n) is 0.522. The van der Waals surface area contributed by atoms with E-state index in [4.69, 9.17) is 11.6 Å². The quantitative estimate of drug-likeness (QED) is 0.175. The van der Waals surface area contributed by atoms with Crippen molar-refractivity contribution in [2.24, 2.45) is 11.6 Å². The van der Waals surface area contributed by atoms with E-state index in [1.165, 1.54) is 0 Å². The van der Waals surface area contributed by atoms with E-state index in [1.807, 2.05) is 5.43 Å². The Bertz CT molecular complexity index is 95.6. The van der Waals surface area contributed by atoms with E-state index in [0.29, 0.717) is 13.1 Å². The van der Waals surface area contributed by atoms with Gasteiger partial charge in [0.15, 0.2) is 0 Å². The van der Waals surface area contributed by atoms with E-state index in [-0.39, 0.29) is 6.03 Å². The highest BCUT2D eigenvalue weighted by Gasteiger charge is 1.92. The Morgan fingerprint density at radius 3 is 2.60 bits per heavy atom. The van der Waals surface area contributed by atoms with Gasteiger partial charge < -0.3 is 11.1 Å². The number of nitrogens with one attached hydrogen (secondary N) is 2. The summed E-state index contributed by atoms with van der Waals surface area (Å²) in [6.45, 7) is 1.28. The molecule has 0 fully saturated rings. The van der Waals surface area contributed by atoms with Gasteiger partial charge in [0.2, 0.25) is 0 Å². The average molecular weight is 146 g/mol. The zero-order chi connectivity index (χ0) is 7.82. The number of unbranched alkanes of at least 4 members (excludes halogenated alkanes) is 1. The molecule has 60 valence electrons. The third-order valence-electron chi connectivity index (χ3n) is 1.05. The van der Waals surface area contributed by atoms with E-state index < -0.39 is 0 Å². The smallest absolute Gasteiger partial charge is 0.328 e. The lowest BCUT2D eigenvalue weighted by Crippen LogP contribution is -2.40. The van der Waals surface area contributed by atoms with Crippen molar-refractivity contribution < 1.29 is 4.79 Å². The summed E-state index contributed by atoms with van der Waals surface area (Å²) in [5.41, 5.74) is 7.19. The lowest BCUT2D eigenvalue weighted by Gasteiger charge is -2.01. The summed E-state index contributed by atoms with van der Waals surface area (Å²) in [6.07, 6.45) is 1.81. The van der Waals surface area contributed by atoms with Crippen molar-refractivity contribution in [3.05, 3.63) is 0 Å². The van der Waals surface area contributed by atoms with Crippen molar-refractivity contribution in [3.63, 3.8) is 0 Å². The Kier molecular flexibility index (Phi) is 5.80. The third-order valence-corrected chi connectivity index (χ3v) is 1.05. The normalized spacial score (nSPS) is 9.00. The number of amides is 2. The van der Waals surface area contributed by atoms with Crippen LogP contribution in [0.15, 0.2) is 0 Å². The average Bonchev–Trinajstić information content (AvgIpc) is 1.98. The zero-order valence-electron chi connectivity index (χ0n) is 5.89. The number of urea groups is 1. The van der Waals surface area contributed by atoms with Crippen molar-refractivity contribution in [2.75, 3.05) is 13.1 Å². The first-order chi connectivity index (χ1) is 4.81. The molecule has 10 heavy (non-hydrogen) atoms. The van der Waals surface area contributed by atoms with Gasteiger partial charge in [-0.2, -0.15) is 0 Å². The minimum absolute atomic E-state index is 0.350. The van der Waals surface area contributed by atoms with Gasteiger partial charge in [-0.25, -0.2) is 10.6 Å². The summed E-state index contributed by atoms with van der Waals surface area (Å²) in [6, 6.07) is -0.350. The van der Waals surface area contributed by atoms with Crippen LogP contribution in [0.4, 0.5) is 4.79 Å². The molecular formula is C5H14N4O. The van der Waals surface area contributed by atoms with E-state index in [0.717, 1.165) is 12.8 Å². The Hall–Kier alpha value is -0.810. The van der Waals surface area contributed by atoms with Crippen molar-refractivity contribution in [1.82, 2.24) is 10.7 Å². The number of hydrogen-bond acceptors (Lipinski definition) is 3. The molecule has 0 heterocycles. The summed E-state index contributed by atoms with van der Waals surface area (Å²) < 4.78 is 0. The molecule has 0 aromatic rings. The first kappa shape index (κ1) is 9.19. The molecule has 0 aromatic carbocycles. The van der Waals surface area contributed by atoms with Gasteiger partial charge in [-0.05, 0) is 19.4 Å². The molecule has 0 aliphatic rings. The molecule has 0 radical (unpaired) electrons. The minimum Gasteiger partial charge on any atom is -0.337 e. The fraction of sp³-hybridized carbons (Fsp3) is 0.800. The topological polar surface area (TPSA) is 93.2 Å². The molecular weight excluding hydrogens is 132 g/mol. The number of hydrazine groups is 1. The fourth-order valence-corrected chi connectivity index (χ4v) is 0.522. The largest absolute Gasteiger partial charge is 0.337 e. The van der Waals surface area contributed by atoms with Gasteiger partial charge in [0.1, 0.15) is 0 Å². The highest BCUT2D eigenvalue weighted by Crippen LogP contribution is 1.81. The molecule has 0 aliphatic heterocycles. The first-order valence-corrected chi connectivity index (χ1v) is 3.25. The minimum atomic E-state index is -0.350. The second-order valence-corrected chi connectivity index (χ2v) is 1.90. The molecule has 0 atom stereocenters. The maximum Gasteiger partial charge on any atom is 0.328 e. The molecule has 0 saturated heterocycles. The van der Waals surface area contributed by atoms with Crippen LogP contribution in [0.25, 0.3) is 0 Å². The standard InChI is InChI=1S/C5H14N4O/c6-3-1-2-4-8-5(10)9-7/h1-4,6-7H2,(H2,8,9,10). The molecule has 2 amide bonds. The predicted octanol–water partition coefficient (Wildman–Crippen LogP) is -1.10. The molecule has 6 N–H and O–H groups in total. The number of nitrogens with two attached hydrogens (primary N) is 2. The van der Waals surface area contributed by atoms with Gasteiger partial charge in [0, 0.05) is 6.54 Å². The van der Waals surface area contributed by atoms with Crippen LogP contribution in [0.1, 0.15) is 12.8 Å². The summed E-state index contributed by atoms with van der Waals surface area (Å²) in [5, 5.41) is 2.54. The van der Waals surface area contributed by atoms with E-state index in [1.54, 1.807) is 0 Å². The van der Waals surface area contributed by atoms with E-state index in [9.17, 15) is 4.79 Å². The summed E-state index contributed by atoms with van der Waals surface area (Å²) in [5.74, 6) is 4.80. The molecule has 0 aliphatic carbocycles.